The number of aromatic nitrogens is 4. The number of hydrogen-bond donors (Lipinski definition) is 2. The highest BCUT2D eigenvalue weighted by Crippen LogP contribution is 2.07. The minimum Gasteiger partial charge on any atom is -0.271 e. The van der Waals surface area contributed by atoms with E-state index in [4.69, 9.17) is 5.84 Å². The highest BCUT2D eigenvalue weighted by atomic mass is 15.6. The predicted octanol–water partition coefficient (Wildman–Crippen LogP) is 0.136. The summed E-state index contributed by atoms with van der Waals surface area (Å²) in [5.41, 5.74) is 5.30. The number of tetrazole rings is 1. The Hall–Kier alpha value is -1.79. The van der Waals surface area contributed by atoms with E-state index in [9.17, 15) is 0 Å². The molecular formula is C12H18N6. The van der Waals surface area contributed by atoms with Gasteiger partial charge in [0.1, 0.15) is 0 Å². The van der Waals surface area contributed by atoms with Crippen molar-refractivity contribution in [3.8, 4) is 0 Å². The highest BCUT2D eigenvalue weighted by Gasteiger charge is 2.12. The van der Waals surface area contributed by atoms with Gasteiger partial charge in [0, 0.05) is 12.5 Å². The van der Waals surface area contributed by atoms with Crippen molar-refractivity contribution in [1.29, 1.82) is 0 Å². The van der Waals surface area contributed by atoms with Gasteiger partial charge in [-0.1, -0.05) is 29.8 Å². The zero-order chi connectivity index (χ0) is 13.0. The number of benzene rings is 1. The fourth-order valence-electron chi connectivity index (χ4n) is 1.82. The smallest absolute Gasteiger partial charge is 0.176 e. The maximum Gasteiger partial charge on any atom is 0.176 e. The summed E-state index contributed by atoms with van der Waals surface area (Å²) in [6.45, 7) is 2.08. The SMILES string of the molecule is Cc1ccc(CC(Cc2nnn(C)n2)NN)cc1. The van der Waals surface area contributed by atoms with Crippen LogP contribution in [-0.4, -0.2) is 26.2 Å². The number of hydrazine groups is 1. The highest BCUT2D eigenvalue weighted by molar-refractivity contribution is 5.22. The third kappa shape index (κ3) is 3.35. The van der Waals surface area contributed by atoms with Crippen molar-refractivity contribution in [2.24, 2.45) is 12.9 Å². The van der Waals surface area contributed by atoms with E-state index in [1.165, 1.54) is 15.9 Å². The molecule has 0 aliphatic rings. The van der Waals surface area contributed by atoms with Gasteiger partial charge < -0.3 is 0 Å². The summed E-state index contributed by atoms with van der Waals surface area (Å²) in [4.78, 5) is 1.45. The first-order valence-electron chi connectivity index (χ1n) is 5.92. The lowest BCUT2D eigenvalue weighted by Crippen LogP contribution is -2.38. The van der Waals surface area contributed by atoms with Crippen LogP contribution >= 0.6 is 0 Å². The molecule has 1 heterocycles. The van der Waals surface area contributed by atoms with Crippen molar-refractivity contribution in [3.63, 3.8) is 0 Å². The van der Waals surface area contributed by atoms with Crippen LogP contribution in [0.5, 0.6) is 0 Å². The Morgan fingerprint density at radius 1 is 1.28 bits per heavy atom. The lowest BCUT2D eigenvalue weighted by atomic mass is 10.0. The average Bonchev–Trinajstić information content (AvgIpc) is 2.77. The summed E-state index contributed by atoms with van der Waals surface area (Å²) < 4.78 is 0. The molecule has 96 valence electrons. The molecule has 0 radical (unpaired) electrons. The van der Waals surface area contributed by atoms with Crippen molar-refractivity contribution >= 4 is 0 Å². The topological polar surface area (TPSA) is 81.7 Å². The van der Waals surface area contributed by atoms with Crippen LogP contribution in [0.25, 0.3) is 0 Å². The molecule has 0 aliphatic heterocycles. The molecule has 1 atom stereocenters. The van der Waals surface area contributed by atoms with E-state index in [0.717, 1.165) is 6.42 Å². The lowest BCUT2D eigenvalue weighted by Gasteiger charge is -2.13. The largest absolute Gasteiger partial charge is 0.271 e. The number of nitrogens with zero attached hydrogens (tertiary/aromatic N) is 4. The molecule has 0 aliphatic carbocycles. The van der Waals surface area contributed by atoms with Crippen LogP contribution in [0, 0.1) is 6.92 Å². The molecule has 6 nitrogen and oxygen atoms in total. The Morgan fingerprint density at radius 3 is 2.56 bits per heavy atom. The number of hydrogen-bond acceptors (Lipinski definition) is 5. The molecule has 6 heteroatoms. The molecule has 2 rings (SSSR count). The molecule has 1 aromatic heterocycles. The van der Waals surface area contributed by atoms with Crippen molar-refractivity contribution < 1.29 is 0 Å². The van der Waals surface area contributed by atoms with E-state index in [1.54, 1.807) is 7.05 Å². The van der Waals surface area contributed by atoms with E-state index in [1.807, 2.05) is 0 Å². The molecular weight excluding hydrogens is 228 g/mol. The number of aryl methyl sites for hydroxylation is 2. The van der Waals surface area contributed by atoms with Crippen LogP contribution in [0.1, 0.15) is 17.0 Å². The maximum absolute atomic E-state index is 5.57. The van der Waals surface area contributed by atoms with Gasteiger partial charge in [-0.2, -0.15) is 4.80 Å². The molecule has 0 amide bonds. The molecule has 0 saturated carbocycles. The molecule has 0 fully saturated rings. The van der Waals surface area contributed by atoms with Crippen LogP contribution in [-0.2, 0) is 19.9 Å². The summed E-state index contributed by atoms with van der Waals surface area (Å²) in [5, 5.41) is 11.9. The monoisotopic (exact) mass is 246 g/mol. The first-order valence-corrected chi connectivity index (χ1v) is 5.92. The van der Waals surface area contributed by atoms with Gasteiger partial charge in [0.15, 0.2) is 5.82 Å². The second-order valence-electron chi connectivity index (χ2n) is 4.45. The fourth-order valence-corrected chi connectivity index (χ4v) is 1.82. The Kier molecular flexibility index (Phi) is 4.01. The van der Waals surface area contributed by atoms with Crippen LogP contribution in [0.15, 0.2) is 24.3 Å². The molecule has 0 spiro atoms. The second kappa shape index (κ2) is 5.70. The van der Waals surface area contributed by atoms with Gasteiger partial charge in [-0.05, 0) is 24.1 Å². The molecule has 1 aromatic carbocycles. The van der Waals surface area contributed by atoms with Gasteiger partial charge in [0.25, 0.3) is 0 Å². The van der Waals surface area contributed by atoms with Gasteiger partial charge in [0.05, 0.1) is 7.05 Å². The minimum atomic E-state index is 0.108. The summed E-state index contributed by atoms with van der Waals surface area (Å²) in [5.74, 6) is 6.27. The molecule has 18 heavy (non-hydrogen) atoms. The minimum absolute atomic E-state index is 0.108. The van der Waals surface area contributed by atoms with Gasteiger partial charge in [0.2, 0.25) is 0 Å². The summed E-state index contributed by atoms with van der Waals surface area (Å²) in [7, 11) is 1.75. The van der Waals surface area contributed by atoms with Crippen molar-refractivity contribution in [2.45, 2.75) is 25.8 Å². The molecule has 0 bridgehead atoms. The van der Waals surface area contributed by atoms with E-state index in [0.29, 0.717) is 12.2 Å². The van der Waals surface area contributed by atoms with Gasteiger partial charge in [-0.25, -0.2) is 0 Å². The third-order valence-corrected chi connectivity index (χ3v) is 2.82. The molecule has 2 aromatic rings. The first-order chi connectivity index (χ1) is 8.67. The zero-order valence-corrected chi connectivity index (χ0v) is 10.7. The van der Waals surface area contributed by atoms with E-state index < -0.39 is 0 Å². The number of nitrogens with one attached hydrogen (secondary N) is 1. The fraction of sp³-hybridized carbons (Fsp3) is 0.417. The van der Waals surface area contributed by atoms with Crippen molar-refractivity contribution in [2.75, 3.05) is 0 Å². The Morgan fingerprint density at radius 2 is 2.00 bits per heavy atom. The lowest BCUT2D eigenvalue weighted by molar-refractivity contribution is 0.509. The molecule has 1 unspecified atom stereocenters. The normalized spacial score (nSPS) is 12.6. The first kappa shape index (κ1) is 12.7. The quantitative estimate of drug-likeness (QED) is 0.579. The summed E-state index contributed by atoms with van der Waals surface area (Å²) in [6, 6.07) is 8.54. The Labute approximate surface area is 106 Å². The Bertz CT molecular complexity index is 490. The van der Waals surface area contributed by atoms with Crippen molar-refractivity contribution in [3.05, 3.63) is 41.2 Å². The second-order valence-corrected chi connectivity index (χ2v) is 4.45. The van der Waals surface area contributed by atoms with Gasteiger partial charge >= 0.3 is 0 Å². The van der Waals surface area contributed by atoms with E-state index in [-0.39, 0.29) is 6.04 Å². The zero-order valence-electron chi connectivity index (χ0n) is 10.7. The van der Waals surface area contributed by atoms with E-state index >= 15 is 0 Å². The van der Waals surface area contributed by atoms with Crippen LogP contribution < -0.4 is 11.3 Å². The molecule has 0 saturated heterocycles. The predicted molar refractivity (Wildman–Crippen MR) is 68.5 cm³/mol. The van der Waals surface area contributed by atoms with Crippen LogP contribution in [0.2, 0.25) is 0 Å². The number of rotatable bonds is 5. The van der Waals surface area contributed by atoms with Crippen LogP contribution in [0.3, 0.4) is 0 Å². The third-order valence-electron chi connectivity index (χ3n) is 2.82. The summed E-state index contributed by atoms with van der Waals surface area (Å²) in [6.07, 6.45) is 1.51. The standard InChI is InChI=1S/C12H18N6/c1-9-3-5-10(6-4-9)7-11(14-13)8-12-15-17-18(2)16-12/h3-6,11,14H,7-8,13H2,1-2H3. The van der Waals surface area contributed by atoms with Gasteiger partial charge in [-0.3, -0.25) is 11.3 Å². The average molecular weight is 246 g/mol. The van der Waals surface area contributed by atoms with Crippen molar-refractivity contribution in [1.82, 2.24) is 25.6 Å². The number of nitrogens with two attached hydrogens (primary N) is 1. The Balaban J connectivity index is 1.99. The maximum atomic E-state index is 5.57. The molecule has 3 N–H and O–H groups in total. The van der Waals surface area contributed by atoms with E-state index in [2.05, 4.69) is 52.0 Å². The van der Waals surface area contributed by atoms with Gasteiger partial charge in [-0.15, -0.1) is 10.2 Å². The summed E-state index contributed by atoms with van der Waals surface area (Å²) >= 11 is 0. The van der Waals surface area contributed by atoms with Crippen LogP contribution in [0.4, 0.5) is 0 Å².